The Kier molecular flexibility index (Phi) is 5.15. The van der Waals surface area contributed by atoms with Gasteiger partial charge in [-0.1, -0.05) is 6.07 Å². The molecular formula is C13H20FN3O3S. The van der Waals surface area contributed by atoms with E-state index in [1.54, 1.807) is 6.92 Å². The second-order valence-electron chi connectivity index (χ2n) is 5.09. The van der Waals surface area contributed by atoms with E-state index in [9.17, 15) is 12.8 Å². The predicted octanol–water partition coefficient (Wildman–Crippen LogP) is 0.407. The molecule has 21 heavy (non-hydrogen) atoms. The third kappa shape index (κ3) is 4.13. The molecule has 1 unspecified atom stereocenters. The van der Waals surface area contributed by atoms with Gasteiger partial charge in [-0.25, -0.2) is 17.5 Å². The second kappa shape index (κ2) is 6.69. The van der Waals surface area contributed by atoms with E-state index in [1.165, 1.54) is 12.1 Å². The topological polar surface area (TPSA) is 84.7 Å². The molecule has 2 rings (SSSR count). The van der Waals surface area contributed by atoms with Crippen molar-refractivity contribution in [2.75, 3.05) is 38.6 Å². The van der Waals surface area contributed by atoms with E-state index in [0.717, 1.165) is 19.2 Å². The van der Waals surface area contributed by atoms with Gasteiger partial charge in [0.1, 0.15) is 10.7 Å². The molecule has 0 spiro atoms. The lowest BCUT2D eigenvalue weighted by atomic mass is 10.3. The average molecular weight is 317 g/mol. The summed E-state index contributed by atoms with van der Waals surface area (Å²) in [6, 6.07) is 3.47. The van der Waals surface area contributed by atoms with E-state index in [2.05, 4.69) is 9.62 Å². The maximum atomic E-state index is 13.7. The van der Waals surface area contributed by atoms with Crippen LogP contribution in [0.5, 0.6) is 0 Å². The molecule has 0 saturated carbocycles. The Balaban J connectivity index is 2.06. The zero-order chi connectivity index (χ0) is 15.5. The zero-order valence-corrected chi connectivity index (χ0v) is 12.7. The summed E-state index contributed by atoms with van der Waals surface area (Å²) in [7, 11) is -3.98. The Hall–Kier alpha value is -1.22. The average Bonchev–Trinajstić information content (AvgIpc) is 2.38. The fraction of sp³-hybridized carbons (Fsp3) is 0.538. The number of nitrogens with one attached hydrogen (secondary N) is 1. The highest BCUT2D eigenvalue weighted by Gasteiger charge is 2.25. The Morgan fingerprint density at radius 3 is 2.71 bits per heavy atom. The van der Waals surface area contributed by atoms with E-state index in [1.807, 2.05) is 0 Å². The second-order valence-corrected chi connectivity index (χ2v) is 6.74. The van der Waals surface area contributed by atoms with E-state index in [0.29, 0.717) is 19.8 Å². The molecule has 1 atom stereocenters. The van der Waals surface area contributed by atoms with Crippen LogP contribution in [-0.4, -0.2) is 52.2 Å². The number of nitrogens with two attached hydrogens (primary N) is 1. The van der Waals surface area contributed by atoms with Crippen molar-refractivity contribution in [2.45, 2.75) is 17.9 Å². The Morgan fingerprint density at radius 2 is 2.10 bits per heavy atom. The predicted molar refractivity (Wildman–Crippen MR) is 77.9 cm³/mol. The van der Waals surface area contributed by atoms with Gasteiger partial charge >= 0.3 is 0 Å². The number of sulfonamides is 1. The van der Waals surface area contributed by atoms with Crippen molar-refractivity contribution in [2.24, 2.45) is 0 Å². The first kappa shape index (κ1) is 16.2. The number of nitrogens with zero attached hydrogens (tertiary/aromatic N) is 1. The molecule has 0 aliphatic carbocycles. The van der Waals surface area contributed by atoms with Crippen molar-refractivity contribution in [1.82, 2.24) is 9.62 Å². The van der Waals surface area contributed by atoms with Crippen LogP contribution >= 0.6 is 0 Å². The fourth-order valence-corrected chi connectivity index (χ4v) is 3.77. The molecule has 3 N–H and O–H groups in total. The third-order valence-corrected chi connectivity index (χ3v) is 4.94. The van der Waals surface area contributed by atoms with Crippen molar-refractivity contribution in [3.63, 3.8) is 0 Å². The first-order valence-electron chi connectivity index (χ1n) is 6.76. The molecule has 0 radical (unpaired) electrons. The summed E-state index contributed by atoms with van der Waals surface area (Å²) < 4.78 is 45.9. The summed E-state index contributed by atoms with van der Waals surface area (Å²) in [5, 5.41) is 0. The summed E-state index contributed by atoms with van der Waals surface area (Å²) >= 11 is 0. The number of halogens is 1. The van der Waals surface area contributed by atoms with Crippen LogP contribution in [-0.2, 0) is 14.8 Å². The smallest absolute Gasteiger partial charge is 0.245 e. The lowest BCUT2D eigenvalue weighted by Gasteiger charge is -2.29. The van der Waals surface area contributed by atoms with Gasteiger partial charge in [-0.15, -0.1) is 0 Å². The van der Waals surface area contributed by atoms with Crippen molar-refractivity contribution in [3.05, 3.63) is 24.0 Å². The largest absolute Gasteiger partial charge is 0.398 e. The highest BCUT2D eigenvalue weighted by Crippen LogP contribution is 2.21. The van der Waals surface area contributed by atoms with Crippen molar-refractivity contribution in [1.29, 1.82) is 0 Å². The van der Waals surface area contributed by atoms with Gasteiger partial charge in [0.05, 0.1) is 18.9 Å². The summed E-state index contributed by atoms with van der Waals surface area (Å²) in [6.07, 6.45) is 0. The highest BCUT2D eigenvalue weighted by molar-refractivity contribution is 7.89. The summed E-state index contributed by atoms with van der Waals surface area (Å²) in [5.41, 5.74) is 5.49. The zero-order valence-electron chi connectivity index (χ0n) is 11.9. The van der Waals surface area contributed by atoms with Crippen LogP contribution in [0.2, 0.25) is 0 Å². The number of nitrogen functional groups attached to an aromatic ring is 1. The Labute approximate surface area is 124 Å². The van der Waals surface area contributed by atoms with Gasteiger partial charge < -0.3 is 10.5 Å². The molecule has 8 heteroatoms. The maximum Gasteiger partial charge on any atom is 0.245 e. The van der Waals surface area contributed by atoms with Crippen molar-refractivity contribution in [3.8, 4) is 0 Å². The van der Waals surface area contributed by atoms with Gasteiger partial charge in [0.25, 0.3) is 0 Å². The maximum absolute atomic E-state index is 13.7. The van der Waals surface area contributed by atoms with Gasteiger partial charge in [-0.2, -0.15) is 0 Å². The normalized spacial score (nSPS) is 18.6. The number of morpholine rings is 1. The molecule has 0 amide bonds. The number of hydrogen-bond donors (Lipinski definition) is 2. The quantitative estimate of drug-likeness (QED) is 0.768. The number of anilines is 1. The van der Waals surface area contributed by atoms with E-state index in [-0.39, 0.29) is 11.7 Å². The van der Waals surface area contributed by atoms with Crippen LogP contribution in [0.15, 0.2) is 23.1 Å². The van der Waals surface area contributed by atoms with Crippen LogP contribution < -0.4 is 10.5 Å². The lowest BCUT2D eigenvalue weighted by Crippen LogP contribution is -2.46. The fourth-order valence-electron chi connectivity index (χ4n) is 2.34. The van der Waals surface area contributed by atoms with Crippen molar-refractivity contribution >= 4 is 15.7 Å². The monoisotopic (exact) mass is 317 g/mol. The van der Waals surface area contributed by atoms with E-state index < -0.39 is 20.7 Å². The SMILES string of the molecule is CC(CN1CCOCC1)NS(=O)(=O)c1c(N)cccc1F. The summed E-state index contributed by atoms with van der Waals surface area (Å²) in [6.45, 7) is 5.07. The summed E-state index contributed by atoms with van der Waals surface area (Å²) in [5.74, 6) is -0.846. The lowest BCUT2D eigenvalue weighted by molar-refractivity contribution is 0.0354. The van der Waals surface area contributed by atoms with E-state index in [4.69, 9.17) is 10.5 Å². The molecule has 6 nitrogen and oxygen atoms in total. The number of rotatable bonds is 5. The van der Waals surface area contributed by atoms with Crippen LogP contribution in [0.4, 0.5) is 10.1 Å². The van der Waals surface area contributed by atoms with E-state index >= 15 is 0 Å². The minimum absolute atomic E-state index is 0.0962. The molecule has 1 aromatic rings. The molecular weight excluding hydrogens is 297 g/mol. The molecule has 1 aliphatic rings. The van der Waals surface area contributed by atoms with Gasteiger partial charge in [-0.05, 0) is 19.1 Å². The Morgan fingerprint density at radius 1 is 1.43 bits per heavy atom. The van der Waals surface area contributed by atoms with Gasteiger partial charge in [0, 0.05) is 25.7 Å². The molecule has 1 heterocycles. The third-order valence-electron chi connectivity index (χ3n) is 3.26. The molecule has 0 bridgehead atoms. The van der Waals surface area contributed by atoms with Gasteiger partial charge in [0.15, 0.2) is 0 Å². The van der Waals surface area contributed by atoms with Gasteiger partial charge in [-0.3, -0.25) is 4.90 Å². The number of hydrogen-bond acceptors (Lipinski definition) is 5. The Bertz CT molecular complexity index is 568. The van der Waals surface area contributed by atoms with Crippen LogP contribution in [0, 0.1) is 5.82 Å². The minimum atomic E-state index is -3.98. The van der Waals surface area contributed by atoms with Crippen molar-refractivity contribution < 1.29 is 17.5 Å². The number of ether oxygens (including phenoxy) is 1. The standard InChI is InChI=1S/C13H20FN3O3S/c1-10(9-17-5-7-20-8-6-17)16-21(18,19)13-11(14)3-2-4-12(13)15/h2-4,10,16H,5-9,15H2,1H3. The van der Waals surface area contributed by atoms with Crippen LogP contribution in [0.3, 0.4) is 0 Å². The molecule has 0 aromatic heterocycles. The molecule has 1 fully saturated rings. The minimum Gasteiger partial charge on any atom is -0.398 e. The highest BCUT2D eigenvalue weighted by atomic mass is 32.2. The molecule has 1 saturated heterocycles. The van der Waals surface area contributed by atoms with Crippen LogP contribution in [0.25, 0.3) is 0 Å². The first-order valence-corrected chi connectivity index (χ1v) is 8.25. The molecule has 1 aromatic carbocycles. The first-order chi connectivity index (χ1) is 9.90. The number of benzene rings is 1. The van der Waals surface area contributed by atoms with Crippen LogP contribution in [0.1, 0.15) is 6.92 Å². The molecule has 1 aliphatic heterocycles. The summed E-state index contributed by atoms with van der Waals surface area (Å²) in [4.78, 5) is 1.61. The molecule has 118 valence electrons. The van der Waals surface area contributed by atoms with Gasteiger partial charge in [0.2, 0.25) is 10.0 Å².